The van der Waals surface area contributed by atoms with Crippen LogP contribution in [0.1, 0.15) is 10.4 Å². The average Bonchev–Trinajstić information content (AvgIpc) is 3.15. The number of aromatic nitrogens is 2. The quantitative estimate of drug-likeness (QED) is 0.786. The van der Waals surface area contributed by atoms with Crippen molar-refractivity contribution in [2.75, 3.05) is 36.2 Å². The molecule has 0 atom stereocenters. The number of nitrogens with two attached hydrogens (primary N) is 1. The summed E-state index contributed by atoms with van der Waals surface area (Å²) in [4.78, 5) is 34.1. The van der Waals surface area contributed by atoms with Gasteiger partial charge in [-0.05, 0) is 11.4 Å². The summed E-state index contributed by atoms with van der Waals surface area (Å²) in [6, 6.07) is 0.768. The Morgan fingerprint density at radius 2 is 2.00 bits per heavy atom. The molecule has 24 heavy (non-hydrogen) atoms. The van der Waals surface area contributed by atoms with E-state index in [1.165, 1.54) is 11.3 Å². The molecule has 3 amide bonds. The van der Waals surface area contributed by atoms with Gasteiger partial charge in [-0.2, -0.15) is 16.3 Å². The molecule has 3 rings (SSSR count). The minimum Gasteiger partial charge on any atom is -0.378 e. The Morgan fingerprint density at radius 3 is 2.58 bits per heavy atom. The molecule has 10 heteroatoms. The predicted octanol–water partition coefficient (Wildman–Crippen LogP) is 0.605. The molecule has 2 aromatic heterocycles. The number of primary amides is 1. The Balaban J connectivity index is 1.82. The predicted molar refractivity (Wildman–Crippen MR) is 88.9 cm³/mol. The molecule has 0 bridgehead atoms. The van der Waals surface area contributed by atoms with E-state index in [4.69, 9.17) is 10.5 Å². The highest BCUT2D eigenvalue weighted by molar-refractivity contribution is 7.08. The van der Waals surface area contributed by atoms with Gasteiger partial charge >= 0.3 is 6.03 Å². The molecule has 0 aromatic carbocycles. The number of thiophene rings is 1. The van der Waals surface area contributed by atoms with Crippen molar-refractivity contribution in [1.82, 2.24) is 15.4 Å². The van der Waals surface area contributed by atoms with E-state index in [1.54, 1.807) is 29.2 Å². The van der Waals surface area contributed by atoms with Gasteiger partial charge in [-0.3, -0.25) is 4.79 Å². The highest BCUT2D eigenvalue weighted by atomic mass is 32.1. The van der Waals surface area contributed by atoms with Gasteiger partial charge in [-0.25, -0.2) is 20.2 Å². The van der Waals surface area contributed by atoms with E-state index in [9.17, 15) is 9.59 Å². The molecule has 0 saturated carbocycles. The highest BCUT2D eigenvalue weighted by Gasteiger charge is 2.22. The van der Waals surface area contributed by atoms with Crippen LogP contribution in [-0.2, 0) is 4.74 Å². The number of hydrogen-bond donors (Lipinski definition) is 2. The Kier molecular flexibility index (Phi) is 4.87. The van der Waals surface area contributed by atoms with Gasteiger partial charge in [0.05, 0.1) is 36.9 Å². The van der Waals surface area contributed by atoms with E-state index < -0.39 is 11.9 Å². The second-order valence-corrected chi connectivity index (χ2v) is 5.75. The lowest BCUT2D eigenvalue weighted by atomic mass is 10.3. The first-order valence-corrected chi connectivity index (χ1v) is 8.17. The summed E-state index contributed by atoms with van der Waals surface area (Å²) in [5, 5.41) is 4.37. The minimum absolute atomic E-state index is 0.0435. The van der Waals surface area contributed by atoms with Crippen molar-refractivity contribution in [2.45, 2.75) is 0 Å². The molecule has 1 saturated heterocycles. The molecule has 126 valence electrons. The molecular weight excluding hydrogens is 332 g/mol. The Morgan fingerprint density at radius 1 is 1.29 bits per heavy atom. The van der Waals surface area contributed by atoms with Crippen molar-refractivity contribution in [3.63, 3.8) is 0 Å². The van der Waals surface area contributed by atoms with Crippen molar-refractivity contribution in [3.05, 3.63) is 34.8 Å². The number of amides is 3. The van der Waals surface area contributed by atoms with Gasteiger partial charge in [0.2, 0.25) is 0 Å². The summed E-state index contributed by atoms with van der Waals surface area (Å²) in [6.45, 7) is 2.79. The number of morpholine rings is 1. The monoisotopic (exact) mass is 348 g/mol. The van der Waals surface area contributed by atoms with E-state index in [0.29, 0.717) is 18.8 Å². The van der Waals surface area contributed by atoms with Crippen LogP contribution in [-0.4, -0.2) is 48.2 Å². The third-order valence-corrected chi connectivity index (χ3v) is 4.08. The van der Waals surface area contributed by atoms with E-state index in [0.717, 1.165) is 23.8 Å². The van der Waals surface area contributed by atoms with Gasteiger partial charge in [-0.1, -0.05) is 0 Å². The second kappa shape index (κ2) is 7.23. The lowest BCUT2D eigenvalue weighted by molar-refractivity contribution is 0.0975. The molecular formula is C14H16N6O3S. The zero-order valence-electron chi connectivity index (χ0n) is 12.7. The van der Waals surface area contributed by atoms with Crippen LogP contribution in [0.3, 0.4) is 0 Å². The normalized spacial score (nSPS) is 14.2. The third kappa shape index (κ3) is 3.60. The number of rotatable bonds is 3. The maximum atomic E-state index is 12.5. The van der Waals surface area contributed by atoms with Gasteiger partial charge in [0, 0.05) is 18.5 Å². The molecule has 9 nitrogen and oxygen atoms in total. The minimum atomic E-state index is -0.876. The maximum Gasteiger partial charge on any atom is 0.331 e. The number of anilines is 2. The zero-order valence-corrected chi connectivity index (χ0v) is 13.5. The molecule has 0 aliphatic carbocycles. The van der Waals surface area contributed by atoms with Gasteiger partial charge in [0.15, 0.2) is 0 Å². The third-order valence-electron chi connectivity index (χ3n) is 3.39. The number of ether oxygens (including phenoxy) is 1. The fraction of sp³-hybridized carbons (Fsp3) is 0.286. The number of urea groups is 1. The molecule has 0 spiro atoms. The van der Waals surface area contributed by atoms with Gasteiger partial charge in [0.1, 0.15) is 0 Å². The van der Waals surface area contributed by atoms with Crippen molar-refractivity contribution in [2.24, 2.45) is 5.73 Å². The summed E-state index contributed by atoms with van der Waals surface area (Å²) < 4.78 is 5.30. The standard InChI is InChI=1S/C14H16N6O3S/c15-13(22)18-20(12(21)10-1-6-24-9-10)14-16-7-11(8-17-14)19-2-4-23-5-3-19/h1,6-9H,2-5H2,(H3,15,18,22). The van der Waals surface area contributed by atoms with Crippen molar-refractivity contribution in [1.29, 1.82) is 0 Å². The lowest BCUT2D eigenvalue weighted by Crippen LogP contribution is -2.49. The molecule has 1 aliphatic heterocycles. The zero-order chi connectivity index (χ0) is 16.9. The molecule has 2 aromatic rings. The van der Waals surface area contributed by atoms with Crippen LogP contribution in [0, 0.1) is 0 Å². The number of carbonyl (C=O) groups is 2. The van der Waals surface area contributed by atoms with E-state index in [2.05, 4.69) is 20.3 Å². The molecule has 1 fully saturated rings. The summed E-state index contributed by atoms with van der Waals surface area (Å²) in [5.41, 5.74) is 8.64. The number of hydrogen-bond acceptors (Lipinski definition) is 7. The maximum absolute atomic E-state index is 12.5. The van der Waals surface area contributed by atoms with E-state index >= 15 is 0 Å². The fourth-order valence-electron chi connectivity index (χ4n) is 2.23. The summed E-state index contributed by atoms with van der Waals surface area (Å²) in [6.07, 6.45) is 3.20. The van der Waals surface area contributed by atoms with Crippen LogP contribution < -0.4 is 21.1 Å². The first-order chi connectivity index (χ1) is 11.6. The summed E-state index contributed by atoms with van der Waals surface area (Å²) >= 11 is 1.37. The van der Waals surface area contributed by atoms with Gasteiger partial charge in [0.25, 0.3) is 11.9 Å². The van der Waals surface area contributed by atoms with Crippen LogP contribution in [0.5, 0.6) is 0 Å². The van der Waals surface area contributed by atoms with Crippen LogP contribution >= 0.6 is 11.3 Å². The molecule has 0 radical (unpaired) electrons. The molecule has 3 N–H and O–H groups in total. The van der Waals surface area contributed by atoms with Gasteiger partial charge < -0.3 is 15.4 Å². The van der Waals surface area contributed by atoms with Crippen molar-refractivity contribution >= 4 is 34.9 Å². The summed E-state index contributed by atoms with van der Waals surface area (Å²) in [5.74, 6) is -0.420. The lowest BCUT2D eigenvalue weighted by Gasteiger charge is -2.28. The Labute approximate surface area is 142 Å². The van der Waals surface area contributed by atoms with Crippen LogP contribution in [0.2, 0.25) is 0 Å². The number of hydrazine groups is 1. The first kappa shape index (κ1) is 16.1. The molecule has 0 unspecified atom stereocenters. The number of nitrogens with one attached hydrogen (secondary N) is 1. The van der Waals surface area contributed by atoms with E-state index in [1.807, 2.05) is 0 Å². The average molecular weight is 348 g/mol. The van der Waals surface area contributed by atoms with Crippen LogP contribution in [0.25, 0.3) is 0 Å². The van der Waals surface area contributed by atoms with Crippen molar-refractivity contribution < 1.29 is 14.3 Å². The van der Waals surface area contributed by atoms with Crippen LogP contribution in [0.4, 0.5) is 16.4 Å². The fourth-order valence-corrected chi connectivity index (χ4v) is 2.86. The highest BCUT2D eigenvalue weighted by Crippen LogP contribution is 2.17. The molecule has 1 aliphatic rings. The largest absolute Gasteiger partial charge is 0.378 e. The Bertz CT molecular complexity index is 700. The van der Waals surface area contributed by atoms with Crippen molar-refractivity contribution in [3.8, 4) is 0 Å². The first-order valence-electron chi connectivity index (χ1n) is 7.22. The topological polar surface area (TPSA) is 114 Å². The smallest absolute Gasteiger partial charge is 0.331 e. The SMILES string of the molecule is NC(=O)NN(C(=O)c1ccsc1)c1ncc(N2CCOCC2)cn1. The summed E-state index contributed by atoms with van der Waals surface area (Å²) in [7, 11) is 0. The van der Waals surface area contributed by atoms with E-state index in [-0.39, 0.29) is 5.95 Å². The van der Waals surface area contributed by atoms with Gasteiger partial charge in [-0.15, -0.1) is 0 Å². The Hall–Kier alpha value is -2.72. The molecule has 3 heterocycles. The van der Waals surface area contributed by atoms with Crippen LogP contribution in [0.15, 0.2) is 29.2 Å². The second-order valence-electron chi connectivity index (χ2n) is 4.97. The number of carbonyl (C=O) groups excluding carboxylic acids is 2. The number of nitrogens with zero attached hydrogens (tertiary/aromatic N) is 4.